The zero-order chi connectivity index (χ0) is 18.7. The van der Waals surface area contributed by atoms with E-state index in [1.165, 1.54) is 0 Å². The van der Waals surface area contributed by atoms with Crippen LogP contribution in [0.2, 0.25) is 10.0 Å². The minimum atomic E-state index is -0.442. The number of hydrogen-bond donors (Lipinski definition) is 1. The van der Waals surface area contributed by atoms with Gasteiger partial charge in [0.15, 0.2) is 0 Å². The van der Waals surface area contributed by atoms with Gasteiger partial charge in [-0.3, -0.25) is 19.6 Å². The molecule has 0 aliphatic rings. The summed E-state index contributed by atoms with van der Waals surface area (Å²) < 4.78 is 1.55. The summed E-state index contributed by atoms with van der Waals surface area (Å²) in [7, 11) is 0. The highest BCUT2D eigenvalue weighted by Crippen LogP contribution is 2.33. The normalized spacial score (nSPS) is 10.8. The Kier molecular flexibility index (Phi) is 6.02. The Hall–Kier alpha value is -2.12. The van der Waals surface area contributed by atoms with Gasteiger partial charge >= 0.3 is 5.69 Å². The number of benzene rings is 1. The molecule has 1 N–H and O–H groups in total. The number of anilines is 1. The maximum atomic E-state index is 12.1. The summed E-state index contributed by atoms with van der Waals surface area (Å²) in [5, 5.41) is 18.6. The Morgan fingerprint density at radius 2 is 2.00 bits per heavy atom. The first kappa shape index (κ1) is 19.2. The van der Waals surface area contributed by atoms with Crippen molar-refractivity contribution in [2.45, 2.75) is 40.2 Å². The number of hydrogen-bond acceptors (Lipinski definition) is 4. The number of carbonyl (C=O) groups is 1. The number of amides is 1. The summed E-state index contributed by atoms with van der Waals surface area (Å²) >= 11 is 12.2. The highest BCUT2D eigenvalue weighted by atomic mass is 35.5. The van der Waals surface area contributed by atoms with E-state index >= 15 is 0 Å². The van der Waals surface area contributed by atoms with E-state index in [4.69, 9.17) is 23.2 Å². The molecule has 0 aliphatic heterocycles. The van der Waals surface area contributed by atoms with Gasteiger partial charge < -0.3 is 5.32 Å². The van der Waals surface area contributed by atoms with E-state index in [1.807, 2.05) is 6.92 Å². The summed E-state index contributed by atoms with van der Waals surface area (Å²) in [6.45, 7) is 5.47. The van der Waals surface area contributed by atoms with E-state index in [0.29, 0.717) is 40.1 Å². The first-order chi connectivity index (χ1) is 11.7. The summed E-state index contributed by atoms with van der Waals surface area (Å²) in [6, 6.07) is 3.45. The van der Waals surface area contributed by atoms with Crippen LogP contribution in [0, 0.1) is 30.9 Å². The maximum Gasteiger partial charge on any atom is 0.312 e. The van der Waals surface area contributed by atoms with Crippen LogP contribution >= 0.6 is 23.2 Å². The lowest BCUT2D eigenvalue weighted by Crippen LogP contribution is -2.14. The minimum Gasteiger partial charge on any atom is -0.324 e. The molecule has 0 radical (unpaired) electrons. The van der Waals surface area contributed by atoms with Crippen molar-refractivity contribution < 1.29 is 9.72 Å². The van der Waals surface area contributed by atoms with Gasteiger partial charge in [-0.05, 0) is 38.8 Å². The zero-order valence-electron chi connectivity index (χ0n) is 14.1. The molecule has 0 spiro atoms. The molecule has 25 heavy (non-hydrogen) atoms. The van der Waals surface area contributed by atoms with Crippen LogP contribution in [0.15, 0.2) is 12.1 Å². The van der Waals surface area contributed by atoms with Gasteiger partial charge in [0.1, 0.15) is 11.4 Å². The summed E-state index contributed by atoms with van der Waals surface area (Å²) in [6.07, 6.45) is 0.693. The molecule has 0 unspecified atom stereocenters. The number of rotatable bonds is 6. The maximum absolute atomic E-state index is 12.1. The predicted molar refractivity (Wildman–Crippen MR) is 97.4 cm³/mol. The molecule has 7 nitrogen and oxygen atoms in total. The number of nitro groups is 1. The van der Waals surface area contributed by atoms with Gasteiger partial charge in [0.25, 0.3) is 0 Å². The molecular weight excluding hydrogens is 367 g/mol. The molecule has 1 aromatic heterocycles. The first-order valence-corrected chi connectivity index (χ1v) is 8.40. The molecule has 1 amide bonds. The van der Waals surface area contributed by atoms with Crippen LogP contribution in [0.5, 0.6) is 0 Å². The monoisotopic (exact) mass is 384 g/mol. The highest BCUT2D eigenvalue weighted by Gasteiger charge is 2.21. The number of aromatic nitrogens is 2. The lowest BCUT2D eigenvalue weighted by Gasteiger charge is -2.11. The van der Waals surface area contributed by atoms with Crippen LogP contribution in [0.1, 0.15) is 29.8 Å². The van der Waals surface area contributed by atoms with Crippen molar-refractivity contribution in [3.8, 4) is 0 Å². The molecule has 134 valence electrons. The Morgan fingerprint density at radius 3 is 2.60 bits per heavy atom. The third-order valence-electron chi connectivity index (χ3n) is 3.85. The van der Waals surface area contributed by atoms with E-state index in [2.05, 4.69) is 10.4 Å². The zero-order valence-corrected chi connectivity index (χ0v) is 15.6. The van der Waals surface area contributed by atoms with Gasteiger partial charge in [0, 0.05) is 13.0 Å². The molecular formula is C16H18Cl2N4O3. The second-order valence-corrected chi connectivity index (χ2v) is 6.49. The molecule has 0 fully saturated rings. The van der Waals surface area contributed by atoms with Crippen LogP contribution in [0.3, 0.4) is 0 Å². The summed E-state index contributed by atoms with van der Waals surface area (Å²) in [4.78, 5) is 22.7. The predicted octanol–water partition coefficient (Wildman–Crippen LogP) is 4.44. The Bertz CT molecular complexity index is 833. The molecule has 2 aromatic rings. The third-order valence-corrected chi connectivity index (χ3v) is 4.65. The molecule has 0 aliphatic carbocycles. The largest absolute Gasteiger partial charge is 0.324 e. The van der Waals surface area contributed by atoms with E-state index < -0.39 is 4.92 Å². The van der Waals surface area contributed by atoms with Crippen LogP contribution in [-0.4, -0.2) is 20.6 Å². The van der Waals surface area contributed by atoms with Gasteiger partial charge in [-0.2, -0.15) is 5.10 Å². The lowest BCUT2D eigenvalue weighted by atomic mass is 10.2. The third kappa shape index (κ3) is 4.29. The second kappa shape index (κ2) is 7.84. The molecule has 9 heteroatoms. The van der Waals surface area contributed by atoms with Gasteiger partial charge in [-0.25, -0.2) is 0 Å². The SMILES string of the molecule is Cc1ccc(Cl)c(NC(=O)CCCn2nc(C)c([N+](=O)[O-])c2C)c1Cl. The molecule has 0 atom stereocenters. The summed E-state index contributed by atoms with van der Waals surface area (Å²) in [5.41, 5.74) is 2.08. The van der Waals surface area contributed by atoms with Crippen molar-refractivity contribution in [2.24, 2.45) is 0 Å². The van der Waals surface area contributed by atoms with E-state index in [-0.39, 0.29) is 18.0 Å². The Labute approximate surface area is 155 Å². The van der Waals surface area contributed by atoms with Crippen molar-refractivity contribution in [3.05, 3.63) is 49.2 Å². The fourth-order valence-electron chi connectivity index (χ4n) is 2.53. The Morgan fingerprint density at radius 1 is 1.32 bits per heavy atom. The molecule has 2 rings (SSSR count). The van der Waals surface area contributed by atoms with E-state index in [1.54, 1.807) is 30.7 Å². The number of nitrogens with zero attached hydrogens (tertiary/aromatic N) is 3. The van der Waals surface area contributed by atoms with Gasteiger partial charge in [0.2, 0.25) is 5.91 Å². The quantitative estimate of drug-likeness (QED) is 0.588. The van der Waals surface area contributed by atoms with Gasteiger partial charge in [-0.1, -0.05) is 29.3 Å². The number of nitrogens with one attached hydrogen (secondary N) is 1. The second-order valence-electron chi connectivity index (χ2n) is 5.70. The van der Waals surface area contributed by atoms with E-state index in [9.17, 15) is 14.9 Å². The Balaban J connectivity index is 1.97. The van der Waals surface area contributed by atoms with Crippen LogP contribution in [0.4, 0.5) is 11.4 Å². The van der Waals surface area contributed by atoms with Crippen molar-refractivity contribution in [2.75, 3.05) is 5.32 Å². The number of halogens is 2. The van der Waals surface area contributed by atoms with Crippen LogP contribution in [0.25, 0.3) is 0 Å². The van der Waals surface area contributed by atoms with Crippen molar-refractivity contribution >= 4 is 40.5 Å². The van der Waals surface area contributed by atoms with Crippen molar-refractivity contribution in [1.82, 2.24) is 9.78 Å². The minimum absolute atomic E-state index is 0.0165. The van der Waals surface area contributed by atoms with Gasteiger partial charge in [-0.15, -0.1) is 0 Å². The fourth-order valence-corrected chi connectivity index (χ4v) is 3.00. The molecule has 0 bridgehead atoms. The van der Waals surface area contributed by atoms with Crippen LogP contribution in [-0.2, 0) is 11.3 Å². The summed E-state index contributed by atoms with van der Waals surface area (Å²) in [5.74, 6) is -0.231. The average molecular weight is 385 g/mol. The molecule has 0 saturated heterocycles. The smallest absolute Gasteiger partial charge is 0.312 e. The highest BCUT2D eigenvalue weighted by molar-refractivity contribution is 6.40. The molecule has 1 heterocycles. The first-order valence-electron chi connectivity index (χ1n) is 7.65. The standard InChI is InChI=1S/C16H18Cl2N4O3/c1-9-6-7-12(17)15(14(9)18)19-13(23)5-4-8-21-11(3)16(22(24)25)10(2)20-21/h6-7H,4-5,8H2,1-3H3,(H,19,23). The molecule has 1 aromatic carbocycles. The van der Waals surface area contributed by atoms with Crippen LogP contribution < -0.4 is 5.32 Å². The molecule has 0 saturated carbocycles. The number of aryl methyl sites for hydroxylation is 3. The van der Waals surface area contributed by atoms with Crippen molar-refractivity contribution in [1.29, 1.82) is 0 Å². The topological polar surface area (TPSA) is 90.1 Å². The van der Waals surface area contributed by atoms with Gasteiger partial charge in [0.05, 0.1) is 20.7 Å². The fraction of sp³-hybridized carbons (Fsp3) is 0.375. The average Bonchev–Trinajstić information content (AvgIpc) is 2.82. The van der Waals surface area contributed by atoms with Crippen molar-refractivity contribution in [3.63, 3.8) is 0 Å². The van der Waals surface area contributed by atoms with E-state index in [0.717, 1.165) is 5.56 Å². The number of carbonyl (C=O) groups excluding carboxylic acids is 1. The lowest BCUT2D eigenvalue weighted by molar-refractivity contribution is -0.386.